The summed E-state index contributed by atoms with van der Waals surface area (Å²) in [4.78, 5) is 23.0. The molecule has 0 heterocycles. The van der Waals surface area contributed by atoms with Gasteiger partial charge in [-0.1, -0.05) is 13.3 Å². The van der Waals surface area contributed by atoms with Crippen LogP contribution in [0.4, 0.5) is 18.0 Å². The Morgan fingerprint density at radius 3 is 2.35 bits per heavy atom. The number of unbranched alkanes of at least 4 members (excludes halogenated alkanes) is 1. The Kier molecular flexibility index (Phi) is 6.37. The van der Waals surface area contributed by atoms with Gasteiger partial charge in [-0.25, -0.2) is 4.79 Å². The maximum atomic E-state index is 11.9. The molecule has 0 aromatic rings. The first-order chi connectivity index (χ1) is 7.76. The SMILES string of the molecule is CCCCN(CC(N)=O)C(=O)NCC(F)(F)F. The van der Waals surface area contributed by atoms with Crippen LogP contribution in [0.15, 0.2) is 0 Å². The molecule has 0 aliphatic heterocycles. The van der Waals surface area contributed by atoms with Gasteiger partial charge >= 0.3 is 12.2 Å². The number of nitrogens with zero attached hydrogens (tertiary/aromatic N) is 1. The van der Waals surface area contributed by atoms with E-state index in [9.17, 15) is 22.8 Å². The van der Waals surface area contributed by atoms with E-state index in [-0.39, 0.29) is 13.1 Å². The first-order valence-electron chi connectivity index (χ1n) is 5.14. The molecule has 0 aliphatic carbocycles. The highest BCUT2D eigenvalue weighted by atomic mass is 19.4. The Morgan fingerprint density at radius 2 is 1.94 bits per heavy atom. The molecule has 0 aromatic carbocycles. The van der Waals surface area contributed by atoms with Crippen molar-refractivity contribution >= 4 is 11.9 Å². The van der Waals surface area contributed by atoms with Crippen molar-refractivity contribution in [2.75, 3.05) is 19.6 Å². The van der Waals surface area contributed by atoms with Gasteiger partial charge in [-0.05, 0) is 6.42 Å². The van der Waals surface area contributed by atoms with E-state index in [0.717, 1.165) is 11.3 Å². The van der Waals surface area contributed by atoms with Gasteiger partial charge in [-0.15, -0.1) is 0 Å². The highest BCUT2D eigenvalue weighted by molar-refractivity contribution is 5.82. The third-order valence-electron chi connectivity index (χ3n) is 1.86. The number of carbonyl (C=O) groups excluding carboxylic acids is 2. The van der Waals surface area contributed by atoms with Crippen LogP contribution in [0, 0.1) is 0 Å². The van der Waals surface area contributed by atoms with E-state index in [0.29, 0.717) is 6.42 Å². The average Bonchev–Trinajstić information content (AvgIpc) is 2.19. The number of alkyl halides is 3. The Morgan fingerprint density at radius 1 is 1.35 bits per heavy atom. The van der Waals surface area contributed by atoms with Gasteiger partial charge in [-0.2, -0.15) is 13.2 Å². The minimum Gasteiger partial charge on any atom is -0.368 e. The van der Waals surface area contributed by atoms with Gasteiger partial charge in [0.15, 0.2) is 0 Å². The van der Waals surface area contributed by atoms with Gasteiger partial charge in [0.05, 0.1) is 0 Å². The van der Waals surface area contributed by atoms with Crippen molar-refractivity contribution < 1.29 is 22.8 Å². The monoisotopic (exact) mass is 255 g/mol. The van der Waals surface area contributed by atoms with E-state index in [1.54, 1.807) is 5.32 Å². The summed E-state index contributed by atoms with van der Waals surface area (Å²) < 4.78 is 35.6. The Balaban J connectivity index is 4.26. The lowest BCUT2D eigenvalue weighted by molar-refractivity contribution is -0.123. The number of urea groups is 1. The van der Waals surface area contributed by atoms with Crippen molar-refractivity contribution in [2.24, 2.45) is 5.73 Å². The summed E-state index contributed by atoms with van der Waals surface area (Å²) >= 11 is 0. The number of amides is 3. The number of primary amides is 1. The second kappa shape index (κ2) is 6.97. The smallest absolute Gasteiger partial charge is 0.368 e. The molecule has 0 saturated carbocycles. The number of hydrogen-bond donors (Lipinski definition) is 2. The van der Waals surface area contributed by atoms with Crippen LogP contribution in [0.25, 0.3) is 0 Å². The molecule has 3 amide bonds. The van der Waals surface area contributed by atoms with Crippen molar-refractivity contribution in [3.63, 3.8) is 0 Å². The number of carbonyl (C=O) groups is 2. The fourth-order valence-electron chi connectivity index (χ4n) is 1.08. The van der Waals surface area contributed by atoms with E-state index in [1.165, 1.54) is 0 Å². The summed E-state index contributed by atoms with van der Waals surface area (Å²) in [6, 6.07) is -0.936. The second-order valence-electron chi connectivity index (χ2n) is 3.52. The van der Waals surface area contributed by atoms with Crippen LogP contribution in [0.2, 0.25) is 0 Å². The highest BCUT2D eigenvalue weighted by Crippen LogP contribution is 2.12. The van der Waals surface area contributed by atoms with E-state index in [2.05, 4.69) is 0 Å². The molecule has 8 heteroatoms. The standard InChI is InChI=1S/C9H16F3N3O2/c1-2-3-4-15(5-7(13)16)8(17)14-6-9(10,11)12/h2-6H2,1H3,(H2,13,16)(H,14,17). The lowest BCUT2D eigenvalue weighted by Crippen LogP contribution is -2.47. The third kappa shape index (κ3) is 8.35. The topological polar surface area (TPSA) is 75.4 Å². The maximum absolute atomic E-state index is 11.9. The van der Waals surface area contributed by atoms with E-state index >= 15 is 0 Å². The second-order valence-corrected chi connectivity index (χ2v) is 3.52. The first-order valence-corrected chi connectivity index (χ1v) is 5.14. The van der Waals surface area contributed by atoms with Crippen LogP contribution in [-0.4, -0.2) is 42.6 Å². The summed E-state index contributed by atoms with van der Waals surface area (Å²) in [6.07, 6.45) is -3.13. The zero-order chi connectivity index (χ0) is 13.5. The predicted octanol–water partition coefficient (Wildman–Crippen LogP) is 0.846. The zero-order valence-electron chi connectivity index (χ0n) is 9.51. The minimum atomic E-state index is -4.47. The summed E-state index contributed by atoms with van der Waals surface area (Å²) in [5, 5.41) is 1.69. The molecule has 0 atom stereocenters. The molecule has 100 valence electrons. The number of hydrogen-bond acceptors (Lipinski definition) is 2. The van der Waals surface area contributed by atoms with Crippen molar-refractivity contribution in [3.8, 4) is 0 Å². The van der Waals surface area contributed by atoms with E-state index in [1.807, 2.05) is 6.92 Å². The van der Waals surface area contributed by atoms with Gasteiger partial charge in [0, 0.05) is 6.54 Å². The van der Waals surface area contributed by atoms with Crippen LogP contribution >= 0.6 is 0 Å². The molecule has 5 nitrogen and oxygen atoms in total. The minimum absolute atomic E-state index is 0.198. The Labute approximate surface area is 97.1 Å². The summed E-state index contributed by atoms with van der Waals surface area (Å²) in [5.74, 6) is -0.761. The van der Waals surface area contributed by atoms with E-state index < -0.39 is 24.7 Å². The first kappa shape index (κ1) is 15.5. The fraction of sp³-hybridized carbons (Fsp3) is 0.778. The largest absolute Gasteiger partial charge is 0.405 e. The summed E-state index contributed by atoms with van der Waals surface area (Å²) in [5.41, 5.74) is 4.90. The molecular formula is C9H16F3N3O2. The molecule has 0 radical (unpaired) electrons. The van der Waals surface area contributed by atoms with Crippen molar-refractivity contribution in [1.29, 1.82) is 0 Å². The van der Waals surface area contributed by atoms with Crippen LogP contribution < -0.4 is 11.1 Å². The van der Waals surface area contributed by atoms with E-state index in [4.69, 9.17) is 5.73 Å². The number of halogens is 3. The van der Waals surface area contributed by atoms with Crippen LogP contribution in [0.5, 0.6) is 0 Å². The van der Waals surface area contributed by atoms with Gasteiger partial charge in [0.1, 0.15) is 13.1 Å². The number of nitrogens with two attached hydrogens (primary N) is 1. The molecule has 0 fully saturated rings. The van der Waals surface area contributed by atoms with Crippen LogP contribution in [-0.2, 0) is 4.79 Å². The molecule has 0 bridgehead atoms. The predicted molar refractivity (Wildman–Crippen MR) is 55.1 cm³/mol. The molecule has 17 heavy (non-hydrogen) atoms. The fourth-order valence-corrected chi connectivity index (χ4v) is 1.08. The lowest BCUT2D eigenvalue weighted by atomic mass is 10.3. The molecule has 0 aromatic heterocycles. The number of rotatable bonds is 6. The molecule has 3 N–H and O–H groups in total. The van der Waals surface area contributed by atoms with Crippen molar-refractivity contribution in [2.45, 2.75) is 25.9 Å². The number of nitrogens with one attached hydrogen (secondary N) is 1. The maximum Gasteiger partial charge on any atom is 0.405 e. The normalized spacial score (nSPS) is 11.1. The van der Waals surface area contributed by atoms with Crippen molar-refractivity contribution in [3.05, 3.63) is 0 Å². The molecule has 0 aliphatic rings. The molecule has 0 unspecified atom stereocenters. The zero-order valence-corrected chi connectivity index (χ0v) is 9.51. The quantitative estimate of drug-likeness (QED) is 0.738. The Hall–Kier alpha value is -1.47. The van der Waals surface area contributed by atoms with Gasteiger partial charge in [0.25, 0.3) is 0 Å². The summed E-state index contributed by atoms with van der Waals surface area (Å²) in [7, 11) is 0. The lowest BCUT2D eigenvalue weighted by Gasteiger charge is -2.21. The van der Waals surface area contributed by atoms with Gasteiger partial charge < -0.3 is 16.0 Å². The average molecular weight is 255 g/mol. The van der Waals surface area contributed by atoms with Crippen LogP contribution in [0.3, 0.4) is 0 Å². The third-order valence-corrected chi connectivity index (χ3v) is 1.86. The molecule has 0 saturated heterocycles. The Bertz CT molecular complexity index is 269. The molecule has 0 spiro atoms. The van der Waals surface area contributed by atoms with Gasteiger partial charge in [0.2, 0.25) is 5.91 Å². The summed E-state index contributed by atoms with van der Waals surface area (Å²) in [6.45, 7) is 0.246. The highest BCUT2D eigenvalue weighted by Gasteiger charge is 2.28. The molecule has 0 rings (SSSR count). The van der Waals surface area contributed by atoms with Crippen LogP contribution in [0.1, 0.15) is 19.8 Å². The van der Waals surface area contributed by atoms with Gasteiger partial charge in [-0.3, -0.25) is 4.79 Å². The van der Waals surface area contributed by atoms with Crippen molar-refractivity contribution in [1.82, 2.24) is 10.2 Å². The molecular weight excluding hydrogens is 239 g/mol.